The van der Waals surface area contributed by atoms with Crippen molar-refractivity contribution in [3.05, 3.63) is 255 Å². The molecule has 0 bridgehead atoms. The maximum absolute atomic E-state index is 2.43. The first-order valence-electron chi connectivity index (χ1n) is 21.3. The molecule has 62 heavy (non-hydrogen) atoms. The fraction of sp³-hybridized carbons (Fsp3) is 0. The van der Waals surface area contributed by atoms with Crippen LogP contribution in [0, 0.1) is 0 Å². The second kappa shape index (κ2) is 16.1. The van der Waals surface area contributed by atoms with Crippen LogP contribution in [0.15, 0.2) is 255 Å². The van der Waals surface area contributed by atoms with E-state index in [0.717, 1.165) is 22.7 Å². The van der Waals surface area contributed by atoms with E-state index in [2.05, 4.69) is 264 Å². The maximum Gasteiger partial charge on any atom is 0.0541 e. The van der Waals surface area contributed by atoms with Gasteiger partial charge in [-0.1, -0.05) is 200 Å². The molecule has 292 valence electrons. The lowest BCUT2D eigenvalue weighted by Gasteiger charge is -2.27. The van der Waals surface area contributed by atoms with Crippen molar-refractivity contribution in [1.82, 2.24) is 4.57 Å². The number of benzene rings is 10. The highest BCUT2D eigenvalue weighted by atomic mass is 15.1. The summed E-state index contributed by atoms with van der Waals surface area (Å²) in [7, 11) is 0. The molecule has 0 radical (unpaired) electrons. The number of nitrogens with zero attached hydrogens (tertiary/aromatic N) is 2. The Kier molecular flexibility index (Phi) is 9.57. The van der Waals surface area contributed by atoms with Gasteiger partial charge in [-0.25, -0.2) is 0 Å². The van der Waals surface area contributed by atoms with Crippen LogP contribution in [0.1, 0.15) is 0 Å². The van der Waals surface area contributed by atoms with Gasteiger partial charge >= 0.3 is 0 Å². The lowest BCUT2D eigenvalue weighted by molar-refractivity contribution is 1.18. The minimum atomic E-state index is 1.09. The number of aromatic nitrogens is 1. The van der Waals surface area contributed by atoms with Crippen LogP contribution in [0.5, 0.6) is 0 Å². The molecule has 0 aliphatic carbocycles. The molecule has 1 heterocycles. The Bertz CT molecular complexity index is 3240. The average molecular weight is 791 g/mol. The molecule has 0 unspecified atom stereocenters. The fourth-order valence-corrected chi connectivity index (χ4v) is 9.01. The van der Waals surface area contributed by atoms with Gasteiger partial charge in [-0.05, 0) is 105 Å². The number of rotatable bonds is 9. The molecule has 0 aliphatic rings. The highest BCUT2D eigenvalue weighted by molar-refractivity contribution is 6.10. The molecule has 0 fully saturated rings. The predicted octanol–water partition coefficient (Wildman–Crippen LogP) is 16.6. The molecule has 2 nitrogen and oxygen atoms in total. The van der Waals surface area contributed by atoms with E-state index in [1.54, 1.807) is 0 Å². The van der Waals surface area contributed by atoms with Crippen molar-refractivity contribution in [1.29, 1.82) is 0 Å². The summed E-state index contributed by atoms with van der Waals surface area (Å²) in [5.74, 6) is 0. The largest absolute Gasteiger partial charge is 0.310 e. The van der Waals surface area contributed by atoms with Gasteiger partial charge in [-0.2, -0.15) is 0 Å². The SMILES string of the molecule is c1ccc(-c2ccc(-c3ccc(-c4ccc(N(c5ccccc5)c5ccc(-c6ccccc6-n6c7ccccc7c7ccccc76)c(-c6ccccc6)c5)cc4)cc3)cc2)cc1. The molecule has 0 saturated carbocycles. The first kappa shape index (κ1) is 36.8. The Morgan fingerprint density at radius 3 is 1.18 bits per heavy atom. The summed E-state index contributed by atoms with van der Waals surface area (Å²) in [4.78, 5) is 2.36. The second-order valence-electron chi connectivity index (χ2n) is 15.7. The van der Waals surface area contributed by atoms with Crippen molar-refractivity contribution in [3.8, 4) is 61.3 Å². The third-order valence-corrected chi connectivity index (χ3v) is 12.0. The molecule has 11 aromatic rings. The van der Waals surface area contributed by atoms with Crippen molar-refractivity contribution in [3.63, 3.8) is 0 Å². The summed E-state index contributed by atoms with van der Waals surface area (Å²) in [6, 6.07) is 92.0. The Hall–Kier alpha value is -8.20. The van der Waals surface area contributed by atoms with Crippen molar-refractivity contribution < 1.29 is 0 Å². The number of para-hydroxylation sites is 4. The minimum absolute atomic E-state index is 1.09. The summed E-state index contributed by atoms with van der Waals surface area (Å²) in [6.07, 6.45) is 0. The van der Waals surface area contributed by atoms with Crippen LogP contribution < -0.4 is 4.90 Å². The Morgan fingerprint density at radius 2 is 0.629 bits per heavy atom. The molecule has 0 atom stereocenters. The third kappa shape index (κ3) is 6.84. The molecule has 10 aromatic carbocycles. The monoisotopic (exact) mass is 790 g/mol. The smallest absolute Gasteiger partial charge is 0.0541 e. The number of fused-ring (bicyclic) bond motifs is 3. The van der Waals surface area contributed by atoms with Gasteiger partial charge in [0.15, 0.2) is 0 Å². The predicted molar refractivity (Wildman–Crippen MR) is 263 cm³/mol. The standard InChI is InChI=1S/C60H42N2/c1-4-16-43(17-5-1)44-28-30-45(31-29-44)46-32-34-47(35-33-46)48-36-38-51(39-37-48)61(50-20-8-3-9-21-50)52-40-41-53(57(42-52)49-18-6-2-7-19-49)54-22-10-13-25-58(54)62-59-26-14-11-23-55(59)56-24-12-15-27-60(56)62/h1-42H. The molecule has 0 saturated heterocycles. The van der Waals surface area contributed by atoms with Crippen LogP contribution in [-0.4, -0.2) is 4.57 Å². The first-order valence-corrected chi connectivity index (χ1v) is 21.3. The summed E-state index contributed by atoms with van der Waals surface area (Å²) in [5, 5.41) is 2.51. The summed E-state index contributed by atoms with van der Waals surface area (Å²) >= 11 is 0. The van der Waals surface area contributed by atoms with Gasteiger partial charge in [0.25, 0.3) is 0 Å². The van der Waals surface area contributed by atoms with Gasteiger partial charge in [0.2, 0.25) is 0 Å². The molecular weight excluding hydrogens is 749 g/mol. The minimum Gasteiger partial charge on any atom is -0.310 e. The van der Waals surface area contributed by atoms with E-state index < -0.39 is 0 Å². The van der Waals surface area contributed by atoms with Gasteiger partial charge < -0.3 is 9.47 Å². The van der Waals surface area contributed by atoms with E-state index in [4.69, 9.17) is 0 Å². The molecule has 0 N–H and O–H groups in total. The number of hydrogen-bond donors (Lipinski definition) is 0. The topological polar surface area (TPSA) is 8.17 Å². The van der Waals surface area contributed by atoms with Crippen LogP contribution in [0.2, 0.25) is 0 Å². The Morgan fingerprint density at radius 1 is 0.242 bits per heavy atom. The van der Waals surface area contributed by atoms with Gasteiger partial charge in [0.05, 0.1) is 16.7 Å². The summed E-state index contributed by atoms with van der Waals surface area (Å²) in [5.41, 5.74) is 18.7. The first-order chi connectivity index (χ1) is 30.8. The van der Waals surface area contributed by atoms with E-state index in [1.165, 1.54) is 77.4 Å². The van der Waals surface area contributed by atoms with Crippen molar-refractivity contribution in [2.45, 2.75) is 0 Å². The van der Waals surface area contributed by atoms with Gasteiger partial charge in [-0.3, -0.25) is 0 Å². The van der Waals surface area contributed by atoms with E-state index in [1.807, 2.05) is 0 Å². The lowest BCUT2D eigenvalue weighted by Crippen LogP contribution is -2.10. The highest BCUT2D eigenvalue weighted by Gasteiger charge is 2.20. The lowest BCUT2D eigenvalue weighted by atomic mass is 9.92. The van der Waals surface area contributed by atoms with Crippen molar-refractivity contribution in [2.75, 3.05) is 4.90 Å². The summed E-state index contributed by atoms with van der Waals surface area (Å²) in [6.45, 7) is 0. The zero-order valence-electron chi connectivity index (χ0n) is 34.1. The fourth-order valence-electron chi connectivity index (χ4n) is 9.01. The molecule has 0 amide bonds. The van der Waals surface area contributed by atoms with E-state index in [9.17, 15) is 0 Å². The molecule has 2 heteroatoms. The van der Waals surface area contributed by atoms with Crippen molar-refractivity contribution in [2.24, 2.45) is 0 Å². The van der Waals surface area contributed by atoms with Crippen LogP contribution in [0.25, 0.3) is 83.1 Å². The van der Waals surface area contributed by atoms with Crippen LogP contribution in [0.3, 0.4) is 0 Å². The highest BCUT2D eigenvalue weighted by Crippen LogP contribution is 2.44. The van der Waals surface area contributed by atoms with Crippen LogP contribution in [-0.2, 0) is 0 Å². The maximum atomic E-state index is 2.43. The third-order valence-electron chi connectivity index (χ3n) is 12.0. The molecular formula is C60H42N2. The molecule has 0 spiro atoms. The molecule has 11 rings (SSSR count). The number of anilines is 3. The molecule has 1 aromatic heterocycles. The zero-order valence-corrected chi connectivity index (χ0v) is 34.1. The van der Waals surface area contributed by atoms with E-state index in [0.29, 0.717) is 0 Å². The van der Waals surface area contributed by atoms with Crippen LogP contribution in [0.4, 0.5) is 17.1 Å². The molecule has 0 aliphatic heterocycles. The summed E-state index contributed by atoms with van der Waals surface area (Å²) < 4.78 is 2.43. The normalized spacial score (nSPS) is 11.2. The zero-order chi connectivity index (χ0) is 41.2. The number of hydrogen-bond acceptors (Lipinski definition) is 1. The van der Waals surface area contributed by atoms with Gasteiger partial charge in [-0.15, -0.1) is 0 Å². The Labute approximate surface area is 362 Å². The Balaban J connectivity index is 0.971. The van der Waals surface area contributed by atoms with E-state index in [-0.39, 0.29) is 0 Å². The van der Waals surface area contributed by atoms with Crippen LogP contribution >= 0.6 is 0 Å². The average Bonchev–Trinajstić information content (AvgIpc) is 3.69. The van der Waals surface area contributed by atoms with Gasteiger partial charge in [0.1, 0.15) is 0 Å². The van der Waals surface area contributed by atoms with Gasteiger partial charge in [0, 0.05) is 33.4 Å². The second-order valence-corrected chi connectivity index (χ2v) is 15.7. The van der Waals surface area contributed by atoms with Crippen molar-refractivity contribution >= 4 is 38.9 Å². The quantitative estimate of drug-likeness (QED) is 0.141. The van der Waals surface area contributed by atoms with E-state index >= 15 is 0 Å².